The first-order chi connectivity index (χ1) is 13.9. The van der Waals surface area contributed by atoms with E-state index >= 15 is 0 Å². The number of carbonyl (C=O) groups is 1. The summed E-state index contributed by atoms with van der Waals surface area (Å²) in [5, 5.41) is 0. The first-order valence-electron chi connectivity index (χ1n) is 11.0. The molecule has 3 fully saturated rings. The zero-order chi connectivity index (χ0) is 20.4. The molecule has 0 saturated carbocycles. The second-order valence-corrected chi connectivity index (χ2v) is 10.8. The summed E-state index contributed by atoms with van der Waals surface area (Å²) >= 11 is 0. The van der Waals surface area contributed by atoms with Gasteiger partial charge in [-0.2, -0.15) is 4.31 Å². The van der Waals surface area contributed by atoms with Gasteiger partial charge >= 0.3 is 0 Å². The molecule has 3 aliphatic heterocycles. The van der Waals surface area contributed by atoms with Crippen LogP contribution in [0.15, 0.2) is 29.2 Å². The first-order valence-corrected chi connectivity index (χ1v) is 12.5. The Bertz CT molecular complexity index is 810. The number of piperidine rings is 1. The molecule has 1 atom stereocenters. The minimum absolute atomic E-state index is 0.0429. The van der Waals surface area contributed by atoms with Crippen LogP contribution < -0.4 is 0 Å². The predicted octanol–water partition coefficient (Wildman–Crippen LogP) is 2.48. The van der Waals surface area contributed by atoms with E-state index in [2.05, 4.69) is 9.80 Å². The number of sulfonamides is 1. The zero-order valence-electron chi connectivity index (χ0n) is 17.4. The quantitative estimate of drug-likeness (QED) is 0.736. The number of amides is 1. The molecule has 0 spiro atoms. The molecule has 3 saturated heterocycles. The molecule has 160 valence electrons. The molecule has 1 aromatic rings. The maximum Gasteiger partial charge on any atom is 0.243 e. The molecular weight excluding hydrogens is 386 g/mol. The van der Waals surface area contributed by atoms with Crippen LogP contribution in [0.3, 0.4) is 0 Å². The Kier molecular flexibility index (Phi) is 6.27. The maximum absolute atomic E-state index is 13.2. The molecule has 7 heteroatoms. The summed E-state index contributed by atoms with van der Waals surface area (Å²) in [5.74, 6) is 0.206. The van der Waals surface area contributed by atoms with E-state index < -0.39 is 10.0 Å². The minimum Gasteiger partial charge on any atom is -0.338 e. The molecule has 4 rings (SSSR count). The van der Waals surface area contributed by atoms with Gasteiger partial charge in [0.25, 0.3) is 0 Å². The molecule has 1 unspecified atom stereocenters. The fourth-order valence-corrected chi connectivity index (χ4v) is 6.49. The van der Waals surface area contributed by atoms with Crippen molar-refractivity contribution in [3.05, 3.63) is 29.8 Å². The molecule has 1 amide bonds. The van der Waals surface area contributed by atoms with Crippen molar-refractivity contribution in [1.82, 2.24) is 14.1 Å². The Hall–Kier alpha value is -1.44. The van der Waals surface area contributed by atoms with Crippen molar-refractivity contribution in [2.24, 2.45) is 5.92 Å². The van der Waals surface area contributed by atoms with Crippen LogP contribution in [0.2, 0.25) is 0 Å². The van der Waals surface area contributed by atoms with E-state index in [1.54, 1.807) is 16.4 Å². The molecule has 1 aromatic carbocycles. The Labute approximate surface area is 174 Å². The average molecular weight is 420 g/mol. The number of aryl methyl sites for hydroxylation is 1. The zero-order valence-corrected chi connectivity index (χ0v) is 18.2. The molecule has 3 heterocycles. The molecule has 0 bridgehead atoms. The average Bonchev–Trinajstić information content (AvgIpc) is 3.40. The third kappa shape index (κ3) is 4.52. The van der Waals surface area contributed by atoms with Gasteiger partial charge in [-0.15, -0.1) is 0 Å². The molecular formula is C22H33N3O3S. The summed E-state index contributed by atoms with van der Waals surface area (Å²) in [7, 11) is -3.47. The van der Waals surface area contributed by atoms with Crippen LogP contribution in [0, 0.1) is 12.8 Å². The number of rotatable bonds is 5. The van der Waals surface area contributed by atoms with Gasteiger partial charge in [0.15, 0.2) is 0 Å². The van der Waals surface area contributed by atoms with Crippen molar-refractivity contribution in [3.63, 3.8) is 0 Å². The molecule has 0 radical (unpaired) electrons. The summed E-state index contributed by atoms with van der Waals surface area (Å²) in [6.07, 6.45) is 5.98. The topological polar surface area (TPSA) is 60.9 Å². The summed E-state index contributed by atoms with van der Waals surface area (Å²) in [4.78, 5) is 18.1. The predicted molar refractivity (Wildman–Crippen MR) is 113 cm³/mol. The monoisotopic (exact) mass is 419 g/mol. The fourth-order valence-electron chi connectivity index (χ4n) is 5.02. The van der Waals surface area contributed by atoms with Gasteiger partial charge < -0.3 is 9.80 Å². The summed E-state index contributed by atoms with van der Waals surface area (Å²) in [6.45, 7) is 6.99. The Morgan fingerprint density at radius 3 is 2.24 bits per heavy atom. The summed E-state index contributed by atoms with van der Waals surface area (Å²) < 4.78 is 27.4. The standard InChI is InChI=1S/C22H33N3O3S/c1-18-6-8-21(9-7-18)29(27,28)24-15-10-19(11-16-24)22(26)25-14-4-5-20(25)17-23-12-2-3-13-23/h6-9,19-20H,2-5,10-17H2,1H3. The lowest BCUT2D eigenvalue weighted by Crippen LogP contribution is -2.48. The molecule has 29 heavy (non-hydrogen) atoms. The summed E-state index contributed by atoms with van der Waals surface area (Å²) in [5.41, 5.74) is 1.04. The van der Waals surface area contributed by atoms with E-state index in [9.17, 15) is 13.2 Å². The normalized spacial score (nSPS) is 25.0. The second-order valence-electron chi connectivity index (χ2n) is 8.83. The highest BCUT2D eigenvalue weighted by molar-refractivity contribution is 7.89. The SMILES string of the molecule is Cc1ccc(S(=O)(=O)N2CCC(C(=O)N3CCCC3CN3CCCC3)CC2)cc1. The molecule has 0 aromatic heterocycles. The van der Waals surface area contributed by atoms with Crippen LogP contribution >= 0.6 is 0 Å². The number of nitrogens with zero attached hydrogens (tertiary/aromatic N) is 3. The van der Waals surface area contributed by atoms with E-state index in [0.29, 0.717) is 36.9 Å². The van der Waals surface area contributed by atoms with Crippen LogP contribution in [-0.2, 0) is 14.8 Å². The van der Waals surface area contributed by atoms with Gasteiger partial charge in [0, 0.05) is 38.1 Å². The third-order valence-corrected chi connectivity index (χ3v) is 8.70. The molecule has 0 N–H and O–H groups in total. The van der Waals surface area contributed by atoms with E-state index in [4.69, 9.17) is 0 Å². The van der Waals surface area contributed by atoms with Gasteiger partial charge in [-0.1, -0.05) is 17.7 Å². The van der Waals surface area contributed by atoms with Crippen LogP contribution in [0.1, 0.15) is 44.1 Å². The van der Waals surface area contributed by atoms with Crippen LogP contribution in [0.4, 0.5) is 0 Å². The Morgan fingerprint density at radius 2 is 1.59 bits per heavy atom. The van der Waals surface area contributed by atoms with Crippen LogP contribution in [0.5, 0.6) is 0 Å². The van der Waals surface area contributed by atoms with Gasteiger partial charge in [0.2, 0.25) is 15.9 Å². The summed E-state index contributed by atoms with van der Waals surface area (Å²) in [6, 6.07) is 7.35. The van der Waals surface area contributed by atoms with E-state index in [1.807, 2.05) is 19.1 Å². The first kappa shape index (κ1) is 20.8. The van der Waals surface area contributed by atoms with Gasteiger partial charge in [0.1, 0.15) is 0 Å². The van der Waals surface area contributed by atoms with Crippen molar-refractivity contribution in [3.8, 4) is 0 Å². The Balaban J connectivity index is 1.35. The van der Waals surface area contributed by atoms with E-state index in [0.717, 1.165) is 44.6 Å². The van der Waals surface area contributed by atoms with Gasteiger partial charge in [-0.3, -0.25) is 4.79 Å². The number of hydrogen-bond donors (Lipinski definition) is 0. The number of carbonyl (C=O) groups excluding carboxylic acids is 1. The Morgan fingerprint density at radius 1 is 0.931 bits per heavy atom. The van der Waals surface area contributed by atoms with Crippen LogP contribution in [-0.4, -0.2) is 73.7 Å². The highest BCUT2D eigenvalue weighted by atomic mass is 32.2. The second kappa shape index (κ2) is 8.74. The highest BCUT2D eigenvalue weighted by Crippen LogP contribution is 2.28. The maximum atomic E-state index is 13.2. The van der Waals surface area contributed by atoms with Crippen LogP contribution in [0.25, 0.3) is 0 Å². The smallest absolute Gasteiger partial charge is 0.243 e. The van der Waals surface area contributed by atoms with Gasteiger partial charge in [0.05, 0.1) is 4.90 Å². The van der Waals surface area contributed by atoms with Crippen molar-refractivity contribution in [1.29, 1.82) is 0 Å². The van der Waals surface area contributed by atoms with Gasteiger partial charge in [-0.05, 0) is 70.7 Å². The third-order valence-electron chi connectivity index (χ3n) is 6.79. The van der Waals surface area contributed by atoms with E-state index in [-0.39, 0.29) is 11.8 Å². The van der Waals surface area contributed by atoms with Crippen molar-refractivity contribution < 1.29 is 13.2 Å². The van der Waals surface area contributed by atoms with Crippen molar-refractivity contribution in [2.45, 2.75) is 56.4 Å². The fraction of sp³-hybridized carbons (Fsp3) is 0.682. The lowest BCUT2D eigenvalue weighted by atomic mass is 9.96. The van der Waals surface area contributed by atoms with Crippen molar-refractivity contribution in [2.75, 3.05) is 39.3 Å². The molecule has 3 aliphatic rings. The lowest BCUT2D eigenvalue weighted by Gasteiger charge is -2.35. The minimum atomic E-state index is -3.47. The highest BCUT2D eigenvalue weighted by Gasteiger charge is 2.37. The lowest BCUT2D eigenvalue weighted by molar-refractivity contribution is -0.137. The largest absolute Gasteiger partial charge is 0.338 e. The van der Waals surface area contributed by atoms with Gasteiger partial charge in [-0.25, -0.2) is 8.42 Å². The molecule has 0 aliphatic carbocycles. The van der Waals surface area contributed by atoms with Crippen molar-refractivity contribution >= 4 is 15.9 Å². The number of benzene rings is 1. The number of likely N-dealkylation sites (tertiary alicyclic amines) is 2. The van der Waals surface area contributed by atoms with E-state index in [1.165, 1.54) is 12.8 Å². The number of hydrogen-bond acceptors (Lipinski definition) is 4. The molecule has 6 nitrogen and oxygen atoms in total.